The lowest BCUT2D eigenvalue weighted by atomic mass is 10.0. The van der Waals surface area contributed by atoms with Crippen molar-refractivity contribution in [2.24, 2.45) is 0 Å². The zero-order chi connectivity index (χ0) is 10.4. The minimum absolute atomic E-state index is 0.0256. The average molecular weight is 218 g/mol. The lowest BCUT2D eigenvalue weighted by Gasteiger charge is -2.04. The fourth-order valence-electron chi connectivity index (χ4n) is 2.07. The van der Waals surface area contributed by atoms with Crippen LogP contribution in [0, 0.1) is 0 Å². The average Bonchev–Trinajstić information content (AvgIpc) is 2.59. The van der Waals surface area contributed by atoms with Gasteiger partial charge in [-0.3, -0.25) is 4.79 Å². The van der Waals surface area contributed by atoms with Crippen LogP contribution < -0.4 is 5.32 Å². The molecule has 0 radical (unpaired) electrons. The minimum Gasteiger partial charge on any atom is -0.321 e. The summed E-state index contributed by atoms with van der Waals surface area (Å²) < 4.78 is 0. The number of anilines is 1. The van der Waals surface area contributed by atoms with Crippen LogP contribution in [-0.4, -0.2) is 5.91 Å². The van der Waals surface area contributed by atoms with E-state index < -0.39 is 0 Å². The fraction of sp³-hybridized carbons (Fsp3) is 0.0833. The predicted molar refractivity (Wildman–Crippen MR) is 61.5 cm³/mol. The molecule has 74 valence electrons. The molecule has 1 amide bonds. The Bertz CT molecular complexity index is 577. The number of halogens is 1. The first-order chi connectivity index (χ1) is 7.31. The van der Waals surface area contributed by atoms with E-state index in [-0.39, 0.29) is 5.91 Å². The maximum Gasteiger partial charge on any atom is 0.256 e. The number of carbonyl (C=O) groups is 1. The van der Waals surface area contributed by atoms with Crippen molar-refractivity contribution in [2.45, 2.75) is 5.88 Å². The number of carbonyl (C=O) groups excluding carboxylic acids is 1. The van der Waals surface area contributed by atoms with Crippen LogP contribution in [0.1, 0.15) is 15.9 Å². The fourth-order valence-corrected chi connectivity index (χ4v) is 2.30. The Labute approximate surface area is 91.9 Å². The van der Waals surface area contributed by atoms with Gasteiger partial charge in [-0.2, -0.15) is 0 Å². The van der Waals surface area contributed by atoms with Crippen molar-refractivity contribution in [1.82, 2.24) is 0 Å². The molecule has 0 saturated heterocycles. The van der Waals surface area contributed by atoms with Crippen molar-refractivity contribution < 1.29 is 4.79 Å². The molecule has 1 aliphatic rings. The molecule has 2 aromatic rings. The molecule has 3 heteroatoms. The Morgan fingerprint density at radius 3 is 2.87 bits per heavy atom. The van der Waals surface area contributed by atoms with E-state index in [4.69, 9.17) is 11.6 Å². The zero-order valence-corrected chi connectivity index (χ0v) is 8.64. The zero-order valence-electron chi connectivity index (χ0n) is 7.88. The first-order valence-electron chi connectivity index (χ1n) is 4.73. The maximum atomic E-state index is 11.6. The molecule has 0 aliphatic carbocycles. The van der Waals surface area contributed by atoms with Gasteiger partial charge in [0.15, 0.2) is 0 Å². The third-order valence-electron chi connectivity index (χ3n) is 2.77. The molecule has 0 unspecified atom stereocenters. The minimum atomic E-state index is -0.0256. The number of nitrogens with one attached hydrogen (secondary N) is 1. The second kappa shape index (κ2) is 2.97. The second-order valence-electron chi connectivity index (χ2n) is 3.59. The van der Waals surface area contributed by atoms with Gasteiger partial charge in [0.1, 0.15) is 0 Å². The Morgan fingerprint density at radius 1 is 1.20 bits per heavy atom. The molecule has 0 aromatic heterocycles. The number of alkyl halides is 1. The molecule has 0 spiro atoms. The van der Waals surface area contributed by atoms with Gasteiger partial charge in [-0.1, -0.05) is 18.2 Å². The molecule has 0 fully saturated rings. The highest BCUT2D eigenvalue weighted by atomic mass is 35.5. The molecule has 2 nitrogen and oxygen atoms in total. The van der Waals surface area contributed by atoms with Crippen LogP contribution >= 0.6 is 11.6 Å². The Balaban J connectivity index is 2.50. The molecule has 0 saturated carbocycles. The van der Waals surface area contributed by atoms with Crippen molar-refractivity contribution in [3.8, 4) is 0 Å². The normalized spacial score (nSPS) is 13.3. The van der Waals surface area contributed by atoms with E-state index >= 15 is 0 Å². The van der Waals surface area contributed by atoms with E-state index in [0.717, 1.165) is 27.6 Å². The molecule has 2 aromatic carbocycles. The lowest BCUT2D eigenvalue weighted by molar-refractivity contribution is 0.103. The highest BCUT2D eigenvalue weighted by molar-refractivity contribution is 6.25. The summed E-state index contributed by atoms with van der Waals surface area (Å²) in [5.41, 5.74) is 2.70. The predicted octanol–water partition coefficient (Wildman–Crippen LogP) is 3.14. The van der Waals surface area contributed by atoms with Crippen molar-refractivity contribution in [3.63, 3.8) is 0 Å². The quantitative estimate of drug-likeness (QED) is 0.731. The van der Waals surface area contributed by atoms with Crippen molar-refractivity contribution in [1.29, 1.82) is 0 Å². The van der Waals surface area contributed by atoms with E-state index in [0.29, 0.717) is 5.88 Å². The molecule has 1 aliphatic heterocycles. The highest BCUT2D eigenvalue weighted by Crippen LogP contribution is 2.35. The summed E-state index contributed by atoms with van der Waals surface area (Å²) in [4.78, 5) is 11.6. The van der Waals surface area contributed by atoms with Gasteiger partial charge >= 0.3 is 0 Å². The van der Waals surface area contributed by atoms with Crippen LogP contribution in [0.15, 0.2) is 30.3 Å². The third-order valence-corrected chi connectivity index (χ3v) is 3.06. The standard InChI is InChI=1S/C12H8ClNO/c13-6-7-4-5-10-11-8(7)2-1-3-9(11)12(15)14-10/h1-5H,6H2,(H,14,15). The summed E-state index contributed by atoms with van der Waals surface area (Å²) in [6, 6.07) is 9.60. The van der Waals surface area contributed by atoms with Gasteiger partial charge in [-0.05, 0) is 23.1 Å². The molecular weight excluding hydrogens is 210 g/mol. The number of hydrogen-bond acceptors (Lipinski definition) is 1. The van der Waals surface area contributed by atoms with Crippen molar-refractivity contribution in [3.05, 3.63) is 41.5 Å². The molecule has 15 heavy (non-hydrogen) atoms. The van der Waals surface area contributed by atoms with Crippen molar-refractivity contribution >= 4 is 34.0 Å². The second-order valence-corrected chi connectivity index (χ2v) is 3.86. The monoisotopic (exact) mass is 217 g/mol. The highest BCUT2D eigenvalue weighted by Gasteiger charge is 2.21. The molecule has 3 rings (SSSR count). The van der Waals surface area contributed by atoms with E-state index in [9.17, 15) is 4.79 Å². The largest absolute Gasteiger partial charge is 0.321 e. The molecule has 1 heterocycles. The Kier molecular flexibility index (Phi) is 1.73. The van der Waals surface area contributed by atoms with Crippen LogP contribution in [0.2, 0.25) is 0 Å². The van der Waals surface area contributed by atoms with Crippen molar-refractivity contribution in [2.75, 3.05) is 5.32 Å². The van der Waals surface area contributed by atoms with Gasteiger partial charge in [0, 0.05) is 22.5 Å². The topological polar surface area (TPSA) is 29.1 Å². The van der Waals surface area contributed by atoms with Gasteiger partial charge in [0.2, 0.25) is 0 Å². The van der Waals surface area contributed by atoms with Crippen LogP contribution in [0.25, 0.3) is 10.8 Å². The Morgan fingerprint density at radius 2 is 2.07 bits per heavy atom. The van der Waals surface area contributed by atoms with Crippen LogP contribution in [-0.2, 0) is 5.88 Å². The Hall–Kier alpha value is -1.54. The first-order valence-corrected chi connectivity index (χ1v) is 5.26. The van der Waals surface area contributed by atoms with E-state index in [1.54, 1.807) is 0 Å². The van der Waals surface area contributed by atoms with E-state index in [1.807, 2.05) is 30.3 Å². The van der Waals surface area contributed by atoms with E-state index in [2.05, 4.69) is 5.32 Å². The molecular formula is C12H8ClNO. The summed E-state index contributed by atoms with van der Waals surface area (Å²) in [5.74, 6) is 0.441. The van der Waals surface area contributed by atoms with Gasteiger partial charge in [-0.25, -0.2) is 0 Å². The summed E-state index contributed by atoms with van der Waals surface area (Å²) in [6.45, 7) is 0. The summed E-state index contributed by atoms with van der Waals surface area (Å²) in [6.07, 6.45) is 0. The lowest BCUT2D eigenvalue weighted by Crippen LogP contribution is -2.03. The molecule has 0 atom stereocenters. The summed E-state index contributed by atoms with van der Waals surface area (Å²) in [5, 5.41) is 4.91. The smallest absolute Gasteiger partial charge is 0.256 e. The van der Waals surface area contributed by atoms with Crippen LogP contribution in [0.4, 0.5) is 5.69 Å². The van der Waals surface area contributed by atoms with Gasteiger partial charge in [-0.15, -0.1) is 11.6 Å². The number of benzene rings is 2. The van der Waals surface area contributed by atoms with Gasteiger partial charge in [0.25, 0.3) is 5.91 Å². The maximum absolute atomic E-state index is 11.6. The summed E-state index contributed by atoms with van der Waals surface area (Å²) in [7, 11) is 0. The van der Waals surface area contributed by atoms with Gasteiger partial charge in [0.05, 0.1) is 0 Å². The molecule has 1 N–H and O–H groups in total. The number of amides is 1. The first kappa shape index (κ1) is 8.74. The van der Waals surface area contributed by atoms with Gasteiger partial charge < -0.3 is 5.32 Å². The van der Waals surface area contributed by atoms with Crippen LogP contribution in [0.5, 0.6) is 0 Å². The number of hydrogen-bond donors (Lipinski definition) is 1. The van der Waals surface area contributed by atoms with E-state index in [1.165, 1.54) is 0 Å². The number of rotatable bonds is 1. The summed E-state index contributed by atoms with van der Waals surface area (Å²) >= 11 is 5.86. The molecule has 0 bridgehead atoms. The SMILES string of the molecule is O=C1Nc2ccc(CCl)c3cccc1c23. The van der Waals surface area contributed by atoms with Crippen LogP contribution in [0.3, 0.4) is 0 Å². The third kappa shape index (κ3) is 1.08.